The van der Waals surface area contributed by atoms with Gasteiger partial charge >= 0.3 is 0 Å². The van der Waals surface area contributed by atoms with Gasteiger partial charge in [0.15, 0.2) is 23.3 Å². The lowest BCUT2D eigenvalue weighted by Gasteiger charge is -2.20. The van der Waals surface area contributed by atoms with Gasteiger partial charge in [-0.1, -0.05) is 6.07 Å². The molecule has 8 nitrogen and oxygen atoms in total. The molecule has 0 aliphatic heterocycles. The molecular formula is C19H31IN6O2. The maximum absolute atomic E-state index is 5.72. The van der Waals surface area contributed by atoms with E-state index >= 15 is 0 Å². The van der Waals surface area contributed by atoms with E-state index in [-0.39, 0.29) is 30.0 Å². The van der Waals surface area contributed by atoms with Gasteiger partial charge in [0.2, 0.25) is 0 Å². The first-order chi connectivity index (χ1) is 13.1. The maximum atomic E-state index is 5.72. The van der Waals surface area contributed by atoms with E-state index in [4.69, 9.17) is 9.47 Å². The van der Waals surface area contributed by atoms with Gasteiger partial charge in [-0.25, -0.2) is 0 Å². The molecule has 1 aromatic carbocycles. The molecule has 1 unspecified atom stereocenters. The van der Waals surface area contributed by atoms with Crippen molar-refractivity contribution in [2.75, 3.05) is 20.3 Å². The Bertz CT molecular complexity index is 750. The van der Waals surface area contributed by atoms with Gasteiger partial charge in [0, 0.05) is 13.6 Å². The average molecular weight is 502 g/mol. The highest BCUT2D eigenvalue weighted by molar-refractivity contribution is 14.0. The first-order valence-corrected chi connectivity index (χ1v) is 9.36. The fourth-order valence-corrected chi connectivity index (χ4v) is 2.66. The standard InChI is InChI=1S/C19H30N6O2.HI/c1-6-25-13-22-24-18(25)12-21-19(20-5)23-14(4)15-9-10-16(26-7-2)17(11-15)27-8-3;/h9-11,13-14H,6-8,12H2,1-5H3,(H2,20,21,23);1H. The summed E-state index contributed by atoms with van der Waals surface area (Å²) in [6.07, 6.45) is 1.73. The van der Waals surface area contributed by atoms with E-state index in [1.54, 1.807) is 13.4 Å². The first kappa shape index (κ1) is 24.0. The van der Waals surface area contributed by atoms with Crippen molar-refractivity contribution < 1.29 is 9.47 Å². The number of guanidine groups is 1. The predicted octanol–water partition coefficient (Wildman–Crippen LogP) is 3.14. The molecule has 2 rings (SSSR count). The number of rotatable bonds is 9. The van der Waals surface area contributed by atoms with Crippen LogP contribution in [0, 0.1) is 0 Å². The van der Waals surface area contributed by atoms with Crippen LogP contribution in [0.1, 0.15) is 45.1 Å². The number of aromatic nitrogens is 3. The van der Waals surface area contributed by atoms with E-state index in [9.17, 15) is 0 Å². The van der Waals surface area contributed by atoms with Gasteiger partial charge in [-0.2, -0.15) is 0 Å². The second-order valence-electron chi connectivity index (χ2n) is 5.90. The number of nitrogens with one attached hydrogen (secondary N) is 2. The van der Waals surface area contributed by atoms with Gasteiger partial charge in [0.05, 0.1) is 25.8 Å². The number of halogens is 1. The van der Waals surface area contributed by atoms with E-state index in [0.717, 1.165) is 29.4 Å². The highest BCUT2D eigenvalue weighted by atomic mass is 127. The molecule has 0 bridgehead atoms. The fraction of sp³-hybridized carbons (Fsp3) is 0.526. The molecule has 0 aliphatic rings. The monoisotopic (exact) mass is 502 g/mol. The van der Waals surface area contributed by atoms with Gasteiger partial charge in [0.1, 0.15) is 6.33 Å². The summed E-state index contributed by atoms with van der Waals surface area (Å²) in [5.74, 6) is 3.08. The van der Waals surface area contributed by atoms with E-state index in [1.165, 1.54) is 0 Å². The Morgan fingerprint density at radius 1 is 1.18 bits per heavy atom. The Kier molecular flexibility index (Phi) is 10.6. The Morgan fingerprint density at radius 3 is 2.54 bits per heavy atom. The van der Waals surface area contributed by atoms with E-state index in [0.29, 0.717) is 25.7 Å². The molecule has 2 aromatic rings. The number of hydrogen-bond acceptors (Lipinski definition) is 5. The summed E-state index contributed by atoms with van der Waals surface area (Å²) in [6, 6.07) is 6.02. The molecule has 156 valence electrons. The Morgan fingerprint density at radius 2 is 1.89 bits per heavy atom. The number of hydrogen-bond donors (Lipinski definition) is 2. The van der Waals surface area contributed by atoms with Crippen molar-refractivity contribution >= 4 is 29.9 Å². The van der Waals surface area contributed by atoms with Gasteiger partial charge < -0.3 is 24.7 Å². The van der Waals surface area contributed by atoms with Crippen LogP contribution in [0.5, 0.6) is 11.5 Å². The second-order valence-corrected chi connectivity index (χ2v) is 5.90. The maximum Gasteiger partial charge on any atom is 0.191 e. The number of aliphatic imine (C=N–C) groups is 1. The molecule has 1 atom stereocenters. The third kappa shape index (κ3) is 6.54. The van der Waals surface area contributed by atoms with Crippen LogP contribution in [-0.2, 0) is 13.1 Å². The van der Waals surface area contributed by atoms with Crippen molar-refractivity contribution in [2.45, 2.75) is 46.8 Å². The SMILES string of the molecule is CCOc1ccc(C(C)NC(=NC)NCc2nncn2CC)cc1OCC.I. The van der Waals surface area contributed by atoms with Gasteiger partial charge in [0.25, 0.3) is 0 Å². The molecule has 0 fully saturated rings. The van der Waals surface area contributed by atoms with Crippen molar-refractivity contribution in [3.63, 3.8) is 0 Å². The number of aryl methyl sites for hydroxylation is 1. The summed E-state index contributed by atoms with van der Waals surface area (Å²) in [5, 5.41) is 14.7. The summed E-state index contributed by atoms with van der Waals surface area (Å²) < 4.78 is 13.3. The van der Waals surface area contributed by atoms with Gasteiger partial charge in [-0.3, -0.25) is 4.99 Å². The quantitative estimate of drug-likeness (QED) is 0.312. The minimum absolute atomic E-state index is 0. The number of benzene rings is 1. The third-order valence-electron chi connectivity index (χ3n) is 4.09. The Hall–Kier alpha value is -2.04. The van der Waals surface area contributed by atoms with Crippen molar-refractivity contribution in [2.24, 2.45) is 4.99 Å². The first-order valence-electron chi connectivity index (χ1n) is 9.36. The lowest BCUT2D eigenvalue weighted by Crippen LogP contribution is -2.38. The van der Waals surface area contributed by atoms with E-state index in [2.05, 4.69) is 39.7 Å². The summed E-state index contributed by atoms with van der Waals surface area (Å²) in [5.41, 5.74) is 1.08. The summed E-state index contributed by atoms with van der Waals surface area (Å²) in [7, 11) is 1.75. The zero-order chi connectivity index (χ0) is 19.6. The molecule has 1 heterocycles. The van der Waals surface area contributed by atoms with Crippen molar-refractivity contribution in [3.8, 4) is 11.5 Å². The summed E-state index contributed by atoms with van der Waals surface area (Å²) in [6.45, 7) is 10.6. The predicted molar refractivity (Wildman–Crippen MR) is 122 cm³/mol. The minimum atomic E-state index is 0. The van der Waals surface area contributed by atoms with Crippen molar-refractivity contribution in [1.29, 1.82) is 0 Å². The molecule has 28 heavy (non-hydrogen) atoms. The smallest absolute Gasteiger partial charge is 0.191 e. The lowest BCUT2D eigenvalue weighted by molar-refractivity contribution is 0.287. The van der Waals surface area contributed by atoms with E-state index < -0.39 is 0 Å². The minimum Gasteiger partial charge on any atom is -0.490 e. The third-order valence-corrected chi connectivity index (χ3v) is 4.09. The highest BCUT2D eigenvalue weighted by Gasteiger charge is 2.13. The van der Waals surface area contributed by atoms with Gasteiger partial charge in [-0.05, 0) is 45.4 Å². The van der Waals surface area contributed by atoms with Crippen LogP contribution in [0.3, 0.4) is 0 Å². The van der Waals surface area contributed by atoms with E-state index in [1.807, 2.05) is 36.6 Å². The molecule has 0 saturated heterocycles. The van der Waals surface area contributed by atoms with Crippen LogP contribution in [-0.4, -0.2) is 41.0 Å². The molecule has 1 aromatic heterocycles. The Balaban J connectivity index is 0.00000392. The number of ether oxygens (including phenoxy) is 2. The highest BCUT2D eigenvalue weighted by Crippen LogP contribution is 2.30. The summed E-state index contributed by atoms with van der Waals surface area (Å²) in [4.78, 5) is 4.30. The van der Waals surface area contributed by atoms with Crippen molar-refractivity contribution in [1.82, 2.24) is 25.4 Å². The molecule has 0 spiro atoms. The average Bonchev–Trinajstić information content (AvgIpc) is 3.14. The zero-order valence-corrected chi connectivity index (χ0v) is 19.6. The van der Waals surface area contributed by atoms with Crippen LogP contribution in [0.2, 0.25) is 0 Å². The normalized spacial score (nSPS) is 12.1. The Labute approximate surface area is 184 Å². The largest absolute Gasteiger partial charge is 0.490 e. The molecule has 0 radical (unpaired) electrons. The molecule has 9 heteroatoms. The van der Waals surface area contributed by atoms with Crippen LogP contribution in [0.25, 0.3) is 0 Å². The lowest BCUT2D eigenvalue weighted by atomic mass is 10.1. The topological polar surface area (TPSA) is 85.6 Å². The molecule has 0 amide bonds. The zero-order valence-electron chi connectivity index (χ0n) is 17.2. The van der Waals surface area contributed by atoms with Gasteiger partial charge in [-0.15, -0.1) is 34.2 Å². The second kappa shape index (κ2) is 12.4. The summed E-state index contributed by atoms with van der Waals surface area (Å²) >= 11 is 0. The number of nitrogens with zero attached hydrogens (tertiary/aromatic N) is 4. The van der Waals surface area contributed by atoms with Crippen LogP contribution >= 0.6 is 24.0 Å². The fourth-order valence-electron chi connectivity index (χ4n) is 2.66. The van der Waals surface area contributed by atoms with Crippen LogP contribution in [0.4, 0.5) is 0 Å². The van der Waals surface area contributed by atoms with Crippen molar-refractivity contribution in [3.05, 3.63) is 35.9 Å². The molecule has 0 aliphatic carbocycles. The van der Waals surface area contributed by atoms with Crippen LogP contribution < -0.4 is 20.1 Å². The molecular weight excluding hydrogens is 471 g/mol. The molecule has 2 N–H and O–H groups in total. The van der Waals surface area contributed by atoms with Crippen LogP contribution in [0.15, 0.2) is 29.5 Å². The molecule has 0 saturated carbocycles.